The van der Waals surface area contributed by atoms with Crippen molar-refractivity contribution < 1.29 is 22.6 Å². The van der Waals surface area contributed by atoms with Crippen LogP contribution in [0.4, 0.5) is 13.2 Å². The Kier molecular flexibility index (Phi) is 4.29. The summed E-state index contributed by atoms with van der Waals surface area (Å²) in [5, 5.41) is 0. The largest absolute Gasteiger partial charge is 0.493 e. The molecule has 1 aromatic carbocycles. The molecule has 0 unspecified atom stereocenters. The fourth-order valence-electron chi connectivity index (χ4n) is 1.08. The van der Waals surface area contributed by atoms with E-state index in [-0.39, 0.29) is 17.4 Å². The molecule has 0 spiro atoms. The molecule has 16 heavy (non-hydrogen) atoms. The normalized spacial score (nSPS) is 11.3. The highest BCUT2D eigenvalue weighted by atomic mass is 35.5. The van der Waals surface area contributed by atoms with E-state index in [4.69, 9.17) is 16.3 Å². The van der Waals surface area contributed by atoms with E-state index in [1.807, 2.05) is 0 Å². The molecule has 0 aliphatic heterocycles. The Bertz CT molecular complexity index is 352. The molecule has 0 N–H and O–H groups in total. The fourth-order valence-corrected chi connectivity index (χ4v) is 1.24. The first kappa shape index (κ1) is 13.0. The van der Waals surface area contributed by atoms with Crippen LogP contribution in [-0.2, 0) is 5.88 Å². The second-order valence-corrected chi connectivity index (χ2v) is 3.29. The van der Waals surface area contributed by atoms with E-state index in [2.05, 4.69) is 4.74 Å². The average molecular weight is 255 g/mol. The topological polar surface area (TPSA) is 18.5 Å². The maximum Gasteiger partial charge on any atom is 0.422 e. The highest BCUT2D eigenvalue weighted by molar-refractivity contribution is 6.17. The van der Waals surface area contributed by atoms with E-state index in [0.717, 1.165) is 0 Å². The van der Waals surface area contributed by atoms with Crippen LogP contribution in [0.2, 0.25) is 0 Å². The van der Waals surface area contributed by atoms with Gasteiger partial charge in [0.1, 0.15) is 0 Å². The van der Waals surface area contributed by atoms with Crippen molar-refractivity contribution >= 4 is 11.6 Å². The molecule has 2 nitrogen and oxygen atoms in total. The Balaban J connectivity index is 2.83. The Morgan fingerprint density at radius 3 is 2.44 bits per heavy atom. The monoisotopic (exact) mass is 254 g/mol. The SMILES string of the molecule is COc1ccc(CCl)cc1OCC(F)(F)F. The quantitative estimate of drug-likeness (QED) is 0.767. The molecule has 0 saturated carbocycles. The van der Waals surface area contributed by atoms with Crippen LogP contribution >= 0.6 is 11.6 Å². The molecule has 0 bridgehead atoms. The highest BCUT2D eigenvalue weighted by Crippen LogP contribution is 2.30. The summed E-state index contributed by atoms with van der Waals surface area (Å²) in [6.45, 7) is -1.35. The van der Waals surface area contributed by atoms with Crippen molar-refractivity contribution in [2.75, 3.05) is 13.7 Å². The van der Waals surface area contributed by atoms with Gasteiger partial charge in [0.25, 0.3) is 0 Å². The van der Waals surface area contributed by atoms with E-state index in [1.165, 1.54) is 19.2 Å². The number of rotatable bonds is 4. The van der Waals surface area contributed by atoms with Gasteiger partial charge < -0.3 is 9.47 Å². The lowest BCUT2D eigenvalue weighted by Crippen LogP contribution is -2.19. The van der Waals surface area contributed by atoms with Gasteiger partial charge in [0.2, 0.25) is 0 Å². The average Bonchev–Trinajstić information content (AvgIpc) is 2.25. The minimum atomic E-state index is -4.37. The summed E-state index contributed by atoms with van der Waals surface area (Å²) < 4.78 is 45.4. The standard InChI is InChI=1S/C10H10ClF3O2/c1-15-8-3-2-7(5-11)4-9(8)16-6-10(12,13)14/h2-4H,5-6H2,1H3. The van der Waals surface area contributed by atoms with Crippen molar-refractivity contribution in [3.8, 4) is 11.5 Å². The molecule has 0 aromatic heterocycles. The lowest BCUT2D eigenvalue weighted by Gasteiger charge is -2.13. The van der Waals surface area contributed by atoms with Gasteiger partial charge in [-0.1, -0.05) is 6.07 Å². The highest BCUT2D eigenvalue weighted by Gasteiger charge is 2.29. The fraction of sp³-hybridized carbons (Fsp3) is 0.400. The van der Waals surface area contributed by atoms with E-state index in [0.29, 0.717) is 5.56 Å². The number of hydrogen-bond donors (Lipinski definition) is 0. The Morgan fingerprint density at radius 1 is 1.25 bits per heavy atom. The van der Waals surface area contributed by atoms with E-state index in [9.17, 15) is 13.2 Å². The van der Waals surface area contributed by atoms with Crippen LogP contribution in [0.3, 0.4) is 0 Å². The number of halogens is 4. The van der Waals surface area contributed by atoms with Crippen LogP contribution in [0.15, 0.2) is 18.2 Å². The van der Waals surface area contributed by atoms with Gasteiger partial charge in [0.15, 0.2) is 18.1 Å². The summed E-state index contributed by atoms with van der Waals surface area (Å²) in [4.78, 5) is 0. The minimum Gasteiger partial charge on any atom is -0.493 e. The third kappa shape index (κ3) is 3.81. The maximum atomic E-state index is 12.0. The Morgan fingerprint density at radius 2 is 1.94 bits per heavy atom. The van der Waals surface area contributed by atoms with Gasteiger partial charge in [0.05, 0.1) is 7.11 Å². The molecule has 0 atom stereocenters. The molecule has 0 saturated heterocycles. The van der Waals surface area contributed by atoms with Crippen LogP contribution in [0.1, 0.15) is 5.56 Å². The first-order valence-electron chi connectivity index (χ1n) is 4.38. The van der Waals surface area contributed by atoms with Gasteiger partial charge >= 0.3 is 6.18 Å². The lowest BCUT2D eigenvalue weighted by atomic mass is 10.2. The van der Waals surface area contributed by atoms with Gasteiger partial charge in [-0.25, -0.2) is 0 Å². The van der Waals surface area contributed by atoms with Crippen molar-refractivity contribution in [1.82, 2.24) is 0 Å². The van der Waals surface area contributed by atoms with Crippen LogP contribution in [0.5, 0.6) is 11.5 Å². The Hall–Kier alpha value is -1.10. The summed E-state index contributed by atoms with van der Waals surface area (Å²) in [6, 6.07) is 4.60. The van der Waals surface area contributed by atoms with Crippen LogP contribution in [0, 0.1) is 0 Å². The van der Waals surface area contributed by atoms with Crippen molar-refractivity contribution in [3.05, 3.63) is 23.8 Å². The number of alkyl halides is 4. The van der Waals surface area contributed by atoms with Crippen LogP contribution < -0.4 is 9.47 Å². The predicted molar refractivity (Wildman–Crippen MR) is 54.1 cm³/mol. The van der Waals surface area contributed by atoms with E-state index < -0.39 is 12.8 Å². The van der Waals surface area contributed by atoms with E-state index >= 15 is 0 Å². The number of ether oxygens (including phenoxy) is 2. The molecule has 0 radical (unpaired) electrons. The summed E-state index contributed by atoms with van der Waals surface area (Å²) in [7, 11) is 1.36. The van der Waals surface area contributed by atoms with Gasteiger partial charge in [-0.05, 0) is 17.7 Å². The first-order chi connectivity index (χ1) is 7.46. The van der Waals surface area contributed by atoms with Gasteiger partial charge in [-0.15, -0.1) is 11.6 Å². The van der Waals surface area contributed by atoms with Crippen molar-refractivity contribution in [2.24, 2.45) is 0 Å². The molecule has 90 valence electrons. The number of methoxy groups -OCH3 is 1. The summed E-state index contributed by atoms with van der Waals surface area (Å²) in [6.07, 6.45) is -4.37. The zero-order valence-corrected chi connectivity index (χ0v) is 9.23. The third-order valence-electron chi connectivity index (χ3n) is 1.77. The minimum absolute atomic E-state index is 0.0398. The predicted octanol–water partition coefficient (Wildman–Crippen LogP) is 3.38. The molecule has 0 amide bonds. The molecule has 0 heterocycles. The summed E-state index contributed by atoms with van der Waals surface area (Å²) in [5.41, 5.74) is 0.666. The zero-order chi connectivity index (χ0) is 12.2. The summed E-state index contributed by atoms with van der Waals surface area (Å²) in [5.74, 6) is 0.489. The molecule has 1 rings (SSSR count). The molecule has 6 heteroatoms. The first-order valence-corrected chi connectivity index (χ1v) is 4.92. The molecular formula is C10H10ClF3O2. The van der Waals surface area contributed by atoms with Crippen molar-refractivity contribution in [1.29, 1.82) is 0 Å². The summed E-state index contributed by atoms with van der Waals surface area (Å²) >= 11 is 5.57. The molecule has 0 aliphatic rings. The second-order valence-electron chi connectivity index (χ2n) is 3.02. The van der Waals surface area contributed by atoms with Gasteiger partial charge in [0, 0.05) is 5.88 Å². The Labute approximate surface area is 95.9 Å². The van der Waals surface area contributed by atoms with E-state index in [1.54, 1.807) is 6.07 Å². The van der Waals surface area contributed by atoms with Gasteiger partial charge in [-0.2, -0.15) is 13.2 Å². The maximum absolute atomic E-state index is 12.0. The third-order valence-corrected chi connectivity index (χ3v) is 2.08. The number of hydrogen-bond acceptors (Lipinski definition) is 2. The van der Waals surface area contributed by atoms with Crippen LogP contribution in [0.25, 0.3) is 0 Å². The lowest BCUT2D eigenvalue weighted by molar-refractivity contribution is -0.153. The second kappa shape index (κ2) is 5.30. The molecule has 1 aromatic rings. The number of benzene rings is 1. The molecular weight excluding hydrogens is 245 g/mol. The zero-order valence-electron chi connectivity index (χ0n) is 8.47. The van der Waals surface area contributed by atoms with Gasteiger partial charge in [-0.3, -0.25) is 0 Å². The molecule has 0 fully saturated rings. The van der Waals surface area contributed by atoms with Crippen LogP contribution in [-0.4, -0.2) is 19.9 Å². The smallest absolute Gasteiger partial charge is 0.422 e. The van der Waals surface area contributed by atoms with Crippen molar-refractivity contribution in [2.45, 2.75) is 12.1 Å². The van der Waals surface area contributed by atoms with Crippen molar-refractivity contribution in [3.63, 3.8) is 0 Å². The molecule has 0 aliphatic carbocycles.